The third-order valence-corrected chi connectivity index (χ3v) is 6.16. The van der Waals surface area contributed by atoms with Gasteiger partial charge >= 0.3 is 6.18 Å². The fourth-order valence-corrected chi connectivity index (χ4v) is 4.26. The van der Waals surface area contributed by atoms with Crippen LogP contribution < -0.4 is 4.90 Å². The number of rotatable bonds is 5. The summed E-state index contributed by atoms with van der Waals surface area (Å²) >= 11 is 0. The van der Waals surface area contributed by atoms with Crippen LogP contribution in [0.4, 0.5) is 18.9 Å². The second-order valence-corrected chi connectivity index (χ2v) is 8.57. The van der Waals surface area contributed by atoms with Gasteiger partial charge in [-0.15, -0.1) is 0 Å². The van der Waals surface area contributed by atoms with Gasteiger partial charge in [0.15, 0.2) is 0 Å². The van der Waals surface area contributed by atoms with Gasteiger partial charge in [0.05, 0.1) is 17.6 Å². The third-order valence-electron chi connectivity index (χ3n) is 6.16. The van der Waals surface area contributed by atoms with Gasteiger partial charge in [0.1, 0.15) is 6.61 Å². The van der Waals surface area contributed by atoms with Gasteiger partial charge < -0.3 is 14.7 Å². The Kier molecular flexibility index (Phi) is 5.79. The Morgan fingerprint density at radius 2 is 1.71 bits per heavy atom. The molecule has 1 aromatic rings. The lowest BCUT2D eigenvalue weighted by molar-refractivity contribution is -0.191. The highest BCUT2D eigenvalue weighted by atomic mass is 19.4. The van der Waals surface area contributed by atoms with Crippen LogP contribution in [0.2, 0.25) is 0 Å². The zero-order valence-corrected chi connectivity index (χ0v) is 16.4. The van der Waals surface area contributed by atoms with E-state index in [1.807, 2.05) is 24.3 Å². The molecule has 1 spiro atoms. The first-order chi connectivity index (χ1) is 13.0. The summed E-state index contributed by atoms with van der Waals surface area (Å²) in [5.74, 6) is 0.480. The average Bonchev–Trinajstić information content (AvgIpc) is 2.94. The molecule has 0 unspecified atom stereocenters. The number of benzene rings is 1. The van der Waals surface area contributed by atoms with Gasteiger partial charge in [0, 0.05) is 12.2 Å². The Hall–Kier alpha value is -1.60. The van der Waals surface area contributed by atoms with Crippen molar-refractivity contribution in [3.05, 3.63) is 29.8 Å². The van der Waals surface area contributed by atoms with E-state index in [9.17, 15) is 23.1 Å². The van der Waals surface area contributed by atoms with E-state index in [1.165, 1.54) is 5.56 Å². The molecule has 0 aromatic heterocycles. The van der Waals surface area contributed by atoms with Gasteiger partial charge in [-0.05, 0) is 55.7 Å². The fraction of sp³-hybridized carbons (Fsp3) is 0.667. The number of nitrogens with zero attached hydrogens (tertiary/aromatic N) is 1. The quantitative estimate of drug-likeness (QED) is 0.798. The topological polar surface area (TPSA) is 49.8 Å². The van der Waals surface area contributed by atoms with Gasteiger partial charge in [-0.1, -0.05) is 26.0 Å². The lowest BCUT2D eigenvalue weighted by Gasteiger charge is -2.40. The highest BCUT2D eigenvalue weighted by molar-refractivity contribution is 6.00. The molecule has 0 atom stereocenters. The Morgan fingerprint density at radius 1 is 1.11 bits per heavy atom. The van der Waals surface area contributed by atoms with E-state index in [0.29, 0.717) is 31.7 Å². The molecular formula is C21H28F3NO3. The van der Waals surface area contributed by atoms with Crippen LogP contribution in [-0.4, -0.2) is 42.5 Å². The van der Waals surface area contributed by atoms with Crippen molar-refractivity contribution >= 4 is 11.6 Å². The molecule has 4 nitrogen and oxygen atoms in total. The molecule has 1 aromatic carbocycles. The molecule has 1 saturated carbocycles. The Labute approximate surface area is 163 Å². The number of carbonyl (C=O) groups is 1. The first-order valence-corrected chi connectivity index (χ1v) is 9.83. The van der Waals surface area contributed by atoms with Crippen LogP contribution in [0.1, 0.15) is 57.4 Å². The van der Waals surface area contributed by atoms with Gasteiger partial charge in [-0.25, -0.2) is 0 Å². The number of ether oxygens (including phenoxy) is 1. The van der Waals surface area contributed by atoms with Crippen LogP contribution in [0, 0.1) is 5.41 Å². The van der Waals surface area contributed by atoms with Crippen molar-refractivity contribution in [3.63, 3.8) is 0 Å². The van der Waals surface area contributed by atoms with Gasteiger partial charge in [-0.3, -0.25) is 4.79 Å². The summed E-state index contributed by atoms with van der Waals surface area (Å²) in [4.78, 5) is 14.9. The standard InChI is InChI=1S/C21H28F3NO3/c1-15(2)16-3-5-17(6-4-16)25-12-11-19(18(25)26)7-9-20(27,10-8-19)13-28-14-21(22,23)24/h3-6,15,27H,7-14H2,1-2H3/t19-,20+. The van der Waals surface area contributed by atoms with Crippen molar-refractivity contribution in [1.29, 1.82) is 0 Å². The number of alkyl halides is 3. The molecule has 3 rings (SSSR count). The van der Waals surface area contributed by atoms with Crippen molar-refractivity contribution in [2.24, 2.45) is 5.41 Å². The maximum absolute atomic E-state index is 13.1. The van der Waals surface area contributed by atoms with E-state index < -0.39 is 23.8 Å². The molecule has 28 heavy (non-hydrogen) atoms. The second-order valence-electron chi connectivity index (χ2n) is 8.57. The molecule has 0 radical (unpaired) electrons. The van der Waals surface area contributed by atoms with Crippen LogP contribution in [0.5, 0.6) is 0 Å². The number of hydrogen-bond acceptors (Lipinski definition) is 3. The summed E-state index contributed by atoms with van der Waals surface area (Å²) in [5, 5.41) is 10.5. The minimum atomic E-state index is -4.40. The van der Waals surface area contributed by atoms with Gasteiger partial charge in [0.2, 0.25) is 5.91 Å². The van der Waals surface area contributed by atoms with E-state index in [4.69, 9.17) is 0 Å². The second kappa shape index (κ2) is 7.67. The summed E-state index contributed by atoms with van der Waals surface area (Å²) in [6.45, 7) is 3.15. The van der Waals surface area contributed by atoms with E-state index >= 15 is 0 Å². The first-order valence-electron chi connectivity index (χ1n) is 9.83. The Bertz CT molecular complexity index is 692. The summed E-state index contributed by atoms with van der Waals surface area (Å²) in [6, 6.07) is 8.01. The summed E-state index contributed by atoms with van der Waals surface area (Å²) in [6.07, 6.45) is -2.21. The largest absolute Gasteiger partial charge is 0.411 e. The molecule has 156 valence electrons. The highest BCUT2D eigenvalue weighted by Crippen LogP contribution is 2.48. The van der Waals surface area contributed by atoms with Crippen molar-refractivity contribution in [3.8, 4) is 0 Å². The average molecular weight is 399 g/mol. The lowest BCUT2D eigenvalue weighted by Crippen LogP contribution is -2.46. The van der Waals surface area contributed by atoms with E-state index in [1.54, 1.807) is 4.90 Å². The number of anilines is 1. The van der Waals surface area contributed by atoms with Crippen molar-refractivity contribution in [2.45, 2.75) is 63.6 Å². The molecule has 7 heteroatoms. The van der Waals surface area contributed by atoms with Crippen molar-refractivity contribution in [1.82, 2.24) is 0 Å². The predicted molar refractivity (Wildman–Crippen MR) is 100 cm³/mol. The zero-order chi connectivity index (χ0) is 20.6. The molecule has 1 aliphatic heterocycles. The molecular weight excluding hydrogens is 371 g/mol. The predicted octanol–water partition coefficient (Wildman–Crippen LogP) is 4.42. The molecule has 1 aliphatic carbocycles. The molecule has 1 N–H and O–H groups in total. The number of halogens is 3. The van der Waals surface area contributed by atoms with Crippen molar-refractivity contribution < 1.29 is 27.8 Å². The molecule has 1 saturated heterocycles. The van der Waals surface area contributed by atoms with E-state index in [2.05, 4.69) is 18.6 Å². The maximum Gasteiger partial charge on any atom is 0.411 e. The van der Waals surface area contributed by atoms with E-state index in [0.717, 1.165) is 5.69 Å². The Morgan fingerprint density at radius 3 is 2.25 bits per heavy atom. The first kappa shape index (κ1) is 21.1. The number of amides is 1. The van der Waals surface area contributed by atoms with Crippen LogP contribution in [0.3, 0.4) is 0 Å². The Balaban J connectivity index is 1.60. The maximum atomic E-state index is 13.1. The number of hydrogen-bond donors (Lipinski definition) is 1. The van der Waals surface area contributed by atoms with Crippen LogP contribution in [0.25, 0.3) is 0 Å². The summed E-state index contributed by atoms with van der Waals surface area (Å²) in [7, 11) is 0. The van der Waals surface area contributed by atoms with Crippen LogP contribution in [0.15, 0.2) is 24.3 Å². The molecule has 2 fully saturated rings. The monoisotopic (exact) mass is 399 g/mol. The number of carbonyl (C=O) groups excluding carboxylic acids is 1. The smallest absolute Gasteiger partial charge is 0.387 e. The molecule has 0 bridgehead atoms. The third kappa shape index (κ3) is 4.51. The SMILES string of the molecule is CC(C)c1ccc(N2CC[C@]3(CC[C@@](O)(COCC(F)(F)F)CC3)C2=O)cc1. The normalized spacial score (nSPS) is 28.5. The summed E-state index contributed by atoms with van der Waals surface area (Å²) < 4.78 is 41.4. The number of aliphatic hydroxyl groups is 1. The summed E-state index contributed by atoms with van der Waals surface area (Å²) in [5.41, 5.74) is 0.281. The van der Waals surface area contributed by atoms with Crippen LogP contribution >= 0.6 is 0 Å². The molecule has 2 aliphatic rings. The molecule has 1 amide bonds. The highest BCUT2D eigenvalue weighted by Gasteiger charge is 2.51. The molecule has 1 heterocycles. The van der Waals surface area contributed by atoms with Gasteiger partial charge in [-0.2, -0.15) is 13.2 Å². The van der Waals surface area contributed by atoms with Gasteiger partial charge in [0.25, 0.3) is 0 Å². The van der Waals surface area contributed by atoms with Crippen molar-refractivity contribution in [2.75, 3.05) is 24.7 Å². The van der Waals surface area contributed by atoms with E-state index in [-0.39, 0.29) is 25.4 Å². The lowest BCUT2D eigenvalue weighted by atomic mass is 9.68. The van der Waals surface area contributed by atoms with Crippen LogP contribution in [-0.2, 0) is 9.53 Å². The minimum absolute atomic E-state index is 0.0584. The fourth-order valence-electron chi connectivity index (χ4n) is 4.26. The zero-order valence-electron chi connectivity index (χ0n) is 16.4. The minimum Gasteiger partial charge on any atom is -0.387 e.